The fraction of sp³-hybridized carbons (Fsp3) is 0.357. The Bertz CT molecular complexity index is 565. The second-order valence-corrected chi connectivity index (χ2v) is 5.40. The van der Waals surface area contributed by atoms with Gasteiger partial charge < -0.3 is 10.2 Å². The molecule has 0 bridgehead atoms. The van der Waals surface area contributed by atoms with Crippen molar-refractivity contribution in [2.45, 2.75) is 19.3 Å². The molecule has 104 valence electrons. The zero-order valence-corrected chi connectivity index (χ0v) is 11.8. The fourth-order valence-electron chi connectivity index (χ4n) is 2.01. The Labute approximate surface area is 121 Å². The van der Waals surface area contributed by atoms with Gasteiger partial charge in [-0.1, -0.05) is 0 Å². The fourth-order valence-corrected chi connectivity index (χ4v) is 2.75. The molecular weight excluding hydrogens is 274 g/mol. The number of piperidine rings is 1. The molecule has 5 nitrogen and oxygen atoms in total. The number of hydrogen-bond acceptors (Lipinski definition) is 4. The number of carbonyl (C=O) groups is 2. The molecule has 1 N–H and O–H groups in total. The van der Waals surface area contributed by atoms with E-state index in [4.69, 9.17) is 5.26 Å². The maximum atomic E-state index is 11.8. The first-order chi connectivity index (χ1) is 9.70. The monoisotopic (exact) mass is 289 g/mol. The molecule has 0 aromatic carbocycles. The van der Waals surface area contributed by atoms with Crippen LogP contribution < -0.4 is 5.32 Å². The molecule has 6 heteroatoms. The van der Waals surface area contributed by atoms with E-state index in [0.29, 0.717) is 10.6 Å². The van der Waals surface area contributed by atoms with E-state index in [-0.39, 0.29) is 5.91 Å². The van der Waals surface area contributed by atoms with Gasteiger partial charge >= 0.3 is 0 Å². The quantitative estimate of drug-likeness (QED) is 0.866. The number of hydrogen-bond donors (Lipinski definition) is 1. The van der Waals surface area contributed by atoms with Crippen molar-refractivity contribution in [3.63, 3.8) is 0 Å². The van der Waals surface area contributed by atoms with Crippen LogP contribution in [0.15, 0.2) is 23.6 Å². The summed E-state index contributed by atoms with van der Waals surface area (Å²) in [4.78, 5) is 25.3. The number of amides is 2. The standard InChI is InChI=1S/C14H15N3O2S/c15-10-11-6-9-20-14(11)16-12(18)4-5-13(19)17-7-2-1-3-8-17/h4-6,9H,1-3,7-8H2,(H,16,18)/b5-4-. The third-order valence-electron chi connectivity index (χ3n) is 3.07. The maximum absolute atomic E-state index is 11.8. The summed E-state index contributed by atoms with van der Waals surface area (Å²) in [5, 5.41) is 13.7. The Morgan fingerprint density at radius 1 is 1.30 bits per heavy atom. The first kappa shape index (κ1) is 14.3. The number of nitriles is 1. The molecule has 1 aliphatic rings. The Balaban J connectivity index is 1.89. The molecule has 0 radical (unpaired) electrons. The predicted molar refractivity (Wildman–Crippen MR) is 77.2 cm³/mol. The molecule has 0 unspecified atom stereocenters. The van der Waals surface area contributed by atoms with E-state index >= 15 is 0 Å². The molecule has 0 saturated carbocycles. The van der Waals surface area contributed by atoms with Crippen molar-refractivity contribution in [3.8, 4) is 6.07 Å². The van der Waals surface area contributed by atoms with Gasteiger partial charge in [-0.05, 0) is 30.7 Å². The number of anilines is 1. The van der Waals surface area contributed by atoms with Crippen LogP contribution in [0.25, 0.3) is 0 Å². The maximum Gasteiger partial charge on any atom is 0.249 e. The van der Waals surface area contributed by atoms with Gasteiger partial charge in [0.2, 0.25) is 11.8 Å². The van der Waals surface area contributed by atoms with Gasteiger partial charge in [-0.2, -0.15) is 5.26 Å². The Morgan fingerprint density at radius 3 is 2.75 bits per heavy atom. The topological polar surface area (TPSA) is 73.2 Å². The lowest BCUT2D eigenvalue weighted by molar-refractivity contribution is -0.127. The summed E-state index contributed by atoms with van der Waals surface area (Å²) in [5.74, 6) is -0.527. The van der Waals surface area contributed by atoms with E-state index in [0.717, 1.165) is 32.4 Å². The van der Waals surface area contributed by atoms with Crippen molar-refractivity contribution in [1.82, 2.24) is 4.90 Å². The normalized spacial score (nSPS) is 15.1. The summed E-state index contributed by atoms with van der Waals surface area (Å²) >= 11 is 1.28. The van der Waals surface area contributed by atoms with Crippen molar-refractivity contribution in [1.29, 1.82) is 5.26 Å². The van der Waals surface area contributed by atoms with Crippen LogP contribution in [0.4, 0.5) is 5.00 Å². The average molecular weight is 289 g/mol. The number of rotatable bonds is 3. The number of likely N-dealkylation sites (tertiary alicyclic amines) is 1. The summed E-state index contributed by atoms with van der Waals surface area (Å²) in [6.45, 7) is 1.52. The molecule has 2 heterocycles. The van der Waals surface area contributed by atoms with Crippen LogP contribution in [-0.4, -0.2) is 29.8 Å². The van der Waals surface area contributed by atoms with Gasteiger partial charge in [-0.25, -0.2) is 0 Å². The first-order valence-electron chi connectivity index (χ1n) is 6.46. The molecular formula is C14H15N3O2S. The van der Waals surface area contributed by atoms with Gasteiger partial charge in [0.05, 0.1) is 5.56 Å². The van der Waals surface area contributed by atoms with Crippen molar-refractivity contribution < 1.29 is 9.59 Å². The minimum atomic E-state index is -0.394. The van der Waals surface area contributed by atoms with Crippen LogP contribution in [0.1, 0.15) is 24.8 Å². The Kier molecular flexibility index (Phi) is 4.91. The summed E-state index contributed by atoms with van der Waals surface area (Å²) in [5.41, 5.74) is 0.430. The zero-order chi connectivity index (χ0) is 14.4. The SMILES string of the molecule is N#Cc1ccsc1NC(=O)/C=C\C(=O)N1CCCCC1. The highest BCUT2D eigenvalue weighted by Gasteiger charge is 2.14. The minimum absolute atomic E-state index is 0.133. The van der Waals surface area contributed by atoms with E-state index in [9.17, 15) is 9.59 Å². The van der Waals surface area contributed by atoms with Gasteiger partial charge in [0, 0.05) is 25.2 Å². The van der Waals surface area contributed by atoms with Crippen molar-refractivity contribution in [3.05, 3.63) is 29.2 Å². The van der Waals surface area contributed by atoms with E-state index in [2.05, 4.69) is 5.32 Å². The van der Waals surface area contributed by atoms with Gasteiger partial charge in [0.25, 0.3) is 0 Å². The van der Waals surface area contributed by atoms with Crippen LogP contribution in [0.5, 0.6) is 0 Å². The van der Waals surface area contributed by atoms with Crippen molar-refractivity contribution in [2.75, 3.05) is 18.4 Å². The first-order valence-corrected chi connectivity index (χ1v) is 7.34. The highest BCUT2D eigenvalue weighted by atomic mass is 32.1. The van der Waals surface area contributed by atoms with E-state index in [1.165, 1.54) is 23.5 Å². The van der Waals surface area contributed by atoms with Crippen LogP contribution >= 0.6 is 11.3 Å². The molecule has 1 aromatic heterocycles. The van der Waals surface area contributed by atoms with E-state index in [1.807, 2.05) is 6.07 Å². The molecule has 1 aliphatic heterocycles. The highest BCUT2D eigenvalue weighted by Crippen LogP contribution is 2.21. The molecule has 1 aromatic rings. The Hall–Kier alpha value is -2.13. The second kappa shape index (κ2) is 6.87. The van der Waals surface area contributed by atoms with Crippen LogP contribution in [0, 0.1) is 11.3 Å². The third-order valence-corrected chi connectivity index (χ3v) is 3.90. The summed E-state index contributed by atoms with van der Waals surface area (Å²) < 4.78 is 0. The number of carbonyl (C=O) groups excluding carboxylic acids is 2. The third kappa shape index (κ3) is 3.68. The summed E-state index contributed by atoms with van der Waals surface area (Å²) in [7, 11) is 0. The van der Waals surface area contributed by atoms with Gasteiger partial charge in [0.15, 0.2) is 0 Å². The van der Waals surface area contributed by atoms with Gasteiger partial charge in [-0.3, -0.25) is 9.59 Å². The summed E-state index contributed by atoms with van der Waals surface area (Å²) in [6.07, 6.45) is 5.71. The number of nitrogens with one attached hydrogen (secondary N) is 1. The molecule has 0 aliphatic carbocycles. The van der Waals surface area contributed by atoms with Crippen LogP contribution in [-0.2, 0) is 9.59 Å². The molecule has 2 amide bonds. The lowest BCUT2D eigenvalue weighted by Gasteiger charge is -2.25. The lowest BCUT2D eigenvalue weighted by atomic mass is 10.1. The average Bonchev–Trinajstić information content (AvgIpc) is 2.92. The van der Waals surface area contributed by atoms with Crippen molar-refractivity contribution in [2.24, 2.45) is 0 Å². The predicted octanol–water partition coefficient (Wildman–Crippen LogP) is 2.13. The smallest absolute Gasteiger partial charge is 0.249 e. The molecule has 1 fully saturated rings. The molecule has 0 atom stereocenters. The molecule has 1 saturated heterocycles. The highest BCUT2D eigenvalue weighted by molar-refractivity contribution is 7.14. The largest absolute Gasteiger partial charge is 0.339 e. The second-order valence-electron chi connectivity index (χ2n) is 4.48. The number of nitrogens with zero attached hydrogens (tertiary/aromatic N) is 2. The molecule has 0 spiro atoms. The molecule has 2 rings (SSSR count). The van der Waals surface area contributed by atoms with Gasteiger partial charge in [0.1, 0.15) is 11.1 Å². The summed E-state index contributed by atoms with van der Waals surface area (Å²) in [6, 6.07) is 3.64. The van der Waals surface area contributed by atoms with Crippen LogP contribution in [0.3, 0.4) is 0 Å². The molecule has 20 heavy (non-hydrogen) atoms. The Morgan fingerprint density at radius 2 is 2.05 bits per heavy atom. The van der Waals surface area contributed by atoms with E-state index < -0.39 is 5.91 Å². The minimum Gasteiger partial charge on any atom is -0.339 e. The van der Waals surface area contributed by atoms with Gasteiger partial charge in [-0.15, -0.1) is 11.3 Å². The number of thiophene rings is 1. The van der Waals surface area contributed by atoms with E-state index in [1.54, 1.807) is 16.3 Å². The zero-order valence-electron chi connectivity index (χ0n) is 11.0. The van der Waals surface area contributed by atoms with Crippen LogP contribution in [0.2, 0.25) is 0 Å². The van der Waals surface area contributed by atoms with Crippen molar-refractivity contribution >= 4 is 28.2 Å². The lowest BCUT2D eigenvalue weighted by Crippen LogP contribution is -2.34.